The monoisotopic (exact) mass is 225 g/mol. The molecule has 0 aromatic heterocycles. The van der Waals surface area contributed by atoms with E-state index < -0.39 is 0 Å². The Balaban J connectivity index is 2.13. The maximum Gasteiger partial charge on any atom is 0.123 e. The van der Waals surface area contributed by atoms with Gasteiger partial charge in [-0.05, 0) is 31.5 Å². The zero-order valence-electron chi connectivity index (χ0n) is 9.09. The third kappa shape index (κ3) is 2.73. The fraction of sp³-hybridized carbons (Fsp3) is 0.500. The van der Waals surface area contributed by atoms with Gasteiger partial charge < -0.3 is 5.32 Å². The number of hydrogen-bond acceptors (Lipinski definition) is 2. The van der Waals surface area contributed by atoms with Crippen molar-refractivity contribution in [1.29, 1.82) is 0 Å². The van der Waals surface area contributed by atoms with Crippen LogP contribution in [0.25, 0.3) is 0 Å². The molecular weight excluding hydrogens is 209 g/mol. The number of benzene rings is 1. The van der Waals surface area contributed by atoms with Crippen molar-refractivity contribution in [3.8, 4) is 0 Å². The van der Waals surface area contributed by atoms with E-state index in [2.05, 4.69) is 19.2 Å². The molecule has 82 valence electrons. The summed E-state index contributed by atoms with van der Waals surface area (Å²) in [6.07, 6.45) is 0. The molecule has 15 heavy (non-hydrogen) atoms. The Hall–Kier alpha value is -0.540. The summed E-state index contributed by atoms with van der Waals surface area (Å²) >= 11 is 1.95. The van der Waals surface area contributed by atoms with Crippen LogP contribution in [0.4, 0.5) is 4.39 Å². The predicted molar refractivity (Wildman–Crippen MR) is 63.7 cm³/mol. The van der Waals surface area contributed by atoms with Gasteiger partial charge in [-0.1, -0.05) is 12.1 Å². The Bertz CT molecular complexity index is 334. The Morgan fingerprint density at radius 3 is 2.60 bits per heavy atom. The van der Waals surface area contributed by atoms with Gasteiger partial charge in [0.2, 0.25) is 0 Å². The zero-order chi connectivity index (χ0) is 10.9. The van der Waals surface area contributed by atoms with E-state index in [1.54, 1.807) is 0 Å². The molecule has 0 amide bonds. The Labute approximate surface area is 94.5 Å². The van der Waals surface area contributed by atoms with E-state index >= 15 is 0 Å². The van der Waals surface area contributed by atoms with Gasteiger partial charge in [-0.15, -0.1) is 0 Å². The van der Waals surface area contributed by atoms with Gasteiger partial charge in [-0.2, -0.15) is 11.8 Å². The van der Waals surface area contributed by atoms with Gasteiger partial charge in [0, 0.05) is 23.1 Å². The lowest BCUT2D eigenvalue weighted by molar-refractivity contribution is 0.376. The van der Waals surface area contributed by atoms with Crippen LogP contribution in [0.1, 0.15) is 25.5 Å². The maximum absolute atomic E-state index is 12.8. The average molecular weight is 225 g/mol. The van der Waals surface area contributed by atoms with Crippen molar-refractivity contribution in [2.75, 3.05) is 11.5 Å². The topological polar surface area (TPSA) is 12.0 Å². The molecule has 1 nitrogen and oxygen atoms in total. The summed E-state index contributed by atoms with van der Waals surface area (Å²) in [4.78, 5) is 0. The van der Waals surface area contributed by atoms with E-state index in [0.29, 0.717) is 6.04 Å². The van der Waals surface area contributed by atoms with Gasteiger partial charge in [-0.25, -0.2) is 4.39 Å². The van der Waals surface area contributed by atoms with Crippen molar-refractivity contribution in [3.05, 3.63) is 35.6 Å². The van der Waals surface area contributed by atoms with Gasteiger partial charge in [0.05, 0.1) is 0 Å². The maximum atomic E-state index is 12.8. The van der Waals surface area contributed by atoms with Crippen LogP contribution in [-0.2, 0) is 0 Å². The molecule has 0 bridgehead atoms. The van der Waals surface area contributed by atoms with Crippen LogP contribution in [0.5, 0.6) is 0 Å². The van der Waals surface area contributed by atoms with Gasteiger partial charge in [0.1, 0.15) is 5.82 Å². The number of nitrogens with one attached hydrogen (secondary N) is 1. The third-order valence-corrected chi connectivity index (χ3v) is 4.08. The number of rotatable bonds is 1. The fourth-order valence-corrected chi connectivity index (χ4v) is 3.08. The average Bonchev–Trinajstić information content (AvgIpc) is 2.17. The van der Waals surface area contributed by atoms with Crippen LogP contribution < -0.4 is 5.32 Å². The normalized spacial score (nSPS) is 25.1. The van der Waals surface area contributed by atoms with E-state index in [1.807, 2.05) is 23.9 Å². The molecule has 1 aliphatic rings. The standard InChI is InChI=1S/C12H16FNS/c1-12(2)8-15-7-11(14-12)9-3-5-10(13)6-4-9/h3-6,11,14H,7-8H2,1-2H3. The van der Waals surface area contributed by atoms with Crippen LogP contribution in [0.2, 0.25) is 0 Å². The minimum atomic E-state index is -0.165. The highest BCUT2D eigenvalue weighted by atomic mass is 32.2. The van der Waals surface area contributed by atoms with E-state index in [4.69, 9.17) is 0 Å². The van der Waals surface area contributed by atoms with Gasteiger partial charge >= 0.3 is 0 Å². The molecule has 1 aromatic carbocycles. The second-order valence-corrected chi connectivity index (χ2v) is 5.68. The van der Waals surface area contributed by atoms with Crippen molar-refractivity contribution in [1.82, 2.24) is 5.32 Å². The lowest BCUT2D eigenvalue weighted by Gasteiger charge is -2.37. The zero-order valence-corrected chi connectivity index (χ0v) is 9.90. The number of thioether (sulfide) groups is 1. The highest BCUT2D eigenvalue weighted by Crippen LogP contribution is 2.29. The molecule has 1 heterocycles. The first-order valence-corrected chi connectivity index (χ1v) is 6.33. The van der Waals surface area contributed by atoms with Crippen LogP contribution in [0.15, 0.2) is 24.3 Å². The highest BCUT2D eigenvalue weighted by molar-refractivity contribution is 7.99. The predicted octanol–water partition coefficient (Wildman–Crippen LogP) is 2.98. The van der Waals surface area contributed by atoms with Crippen LogP contribution >= 0.6 is 11.8 Å². The number of halogens is 1. The summed E-state index contributed by atoms with van der Waals surface area (Å²) in [5.74, 6) is 2.03. The van der Waals surface area contributed by atoms with E-state index in [1.165, 1.54) is 17.7 Å². The van der Waals surface area contributed by atoms with Crippen LogP contribution in [0, 0.1) is 5.82 Å². The molecule has 1 saturated heterocycles. The lowest BCUT2D eigenvalue weighted by atomic mass is 10.0. The minimum absolute atomic E-state index is 0.165. The highest BCUT2D eigenvalue weighted by Gasteiger charge is 2.27. The fourth-order valence-electron chi connectivity index (χ4n) is 1.86. The first-order chi connectivity index (χ1) is 7.07. The van der Waals surface area contributed by atoms with E-state index in [0.717, 1.165) is 11.5 Å². The van der Waals surface area contributed by atoms with Crippen LogP contribution in [0.3, 0.4) is 0 Å². The lowest BCUT2D eigenvalue weighted by Crippen LogP contribution is -2.48. The molecule has 2 rings (SSSR count). The second-order valence-electron chi connectivity index (χ2n) is 4.65. The molecule has 0 aliphatic carbocycles. The summed E-state index contributed by atoms with van der Waals surface area (Å²) in [5, 5.41) is 3.59. The molecule has 0 saturated carbocycles. The molecular formula is C12H16FNS. The Morgan fingerprint density at radius 2 is 2.00 bits per heavy atom. The Kier molecular flexibility index (Phi) is 3.03. The van der Waals surface area contributed by atoms with Crippen LogP contribution in [-0.4, -0.2) is 17.0 Å². The van der Waals surface area contributed by atoms with Crippen molar-refractivity contribution in [2.45, 2.75) is 25.4 Å². The molecule has 1 aromatic rings. The summed E-state index contributed by atoms with van der Waals surface area (Å²) in [6, 6.07) is 7.15. The first-order valence-electron chi connectivity index (χ1n) is 5.18. The third-order valence-electron chi connectivity index (χ3n) is 2.58. The van der Waals surface area contributed by atoms with Crippen molar-refractivity contribution in [2.24, 2.45) is 0 Å². The smallest absolute Gasteiger partial charge is 0.123 e. The summed E-state index contributed by atoms with van der Waals surface area (Å²) in [7, 11) is 0. The first kappa shape index (κ1) is 11.0. The summed E-state index contributed by atoms with van der Waals surface area (Å²) in [5.41, 5.74) is 1.35. The molecule has 1 unspecified atom stereocenters. The van der Waals surface area contributed by atoms with Gasteiger partial charge in [0.15, 0.2) is 0 Å². The van der Waals surface area contributed by atoms with Gasteiger partial charge in [-0.3, -0.25) is 0 Å². The SMILES string of the molecule is CC1(C)CSCC(c2ccc(F)cc2)N1. The largest absolute Gasteiger partial charge is 0.303 e. The molecule has 1 fully saturated rings. The van der Waals surface area contributed by atoms with E-state index in [-0.39, 0.29) is 11.4 Å². The summed E-state index contributed by atoms with van der Waals surface area (Å²) in [6.45, 7) is 4.41. The Morgan fingerprint density at radius 1 is 1.33 bits per heavy atom. The molecule has 3 heteroatoms. The molecule has 1 N–H and O–H groups in total. The van der Waals surface area contributed by atoms with Crippen molar-refractivity contribution in [3.63, 3.8) is 0 Å². The summed E-state index contributed by atoms with van der Waals surface area (Å²) < 4.78 is 12.8. The molecule has 0 radical (unpaired) electrons. The molecule has 1 aliphatic heterocycles. The number of hydrogen-bond donors (Lipinski definition) is 1. The van der Waals surface area contributed by atoms with Gasteiger partial charge in [0.25, 0.3) is 0 Å². The molecule has 1 atom stereocenters. The molecule has 0 spiro atoms. The quantitative estimate of drug-likeness (QED) is 0.788. The van der Waals surface area contributed by atoms with E-state index in [9.17, 15) is 4.39 Å². The van der Waals surface area contributed by atoms with Crippen molar-refractivity contribution < 1.29 is 4.39 Å². The second kappa shape index (κ2) is 4.14. The minimum Gasteiger partial charge on any atom is -0.303 e. The van der Waals surface area contributed by atoms with Crippen molar-refractivity contribution >= 4 is 11.8 Å².